The van der Waals surface area contributed by atoms with Gasteiger partial charge >= 0.3 is 23.1 Å². The van der Waals surface area contributed by atoms with Crippen LogP contribution in [0.5, 0.6) is 5.75 Å². The minimum atomic E-state index is -0.719. The van der Waals surface area contributed by atoms with Gasteiger partial charge in [-0.3, -0.25) is 8.78 Å². The Morgan fingerprint density at radius 2 is 1.93 bits per heavy atom. The van der Waals surface area contributed by atoms with Gasteiger partial charge in [0.2, 0.25) is 0 Å². The third-order valence-electron chi connectivity index (χ3n) is 1.18. The molecule has 0 heterocycles. The molecule has 0 aliphatic heterocycles. The van der Waals surface area contributed by atoms with Crippen LogP contribution in [-0.4, -0.2) is 29.2 Å². The first-order valence-corrected chi connectivity index (χ1v) is 3.63. The summed E-state index contributed by atoms with van der Waals surface area (Å²) < 4.78 is 30.2. The molecule has 0 saturated heterocycles. The van der Waals surface area contributed by atoms with Gasteiger partial charge in [0.15, 0.2) is 0 Å². The third-order valence-corrected chi connectivity index (χ3v) is 1.18. The molecule has 74 valence electrons. The summed E-state index contributed by atoms with van der Waals surface area (Å²) in [6, 6.07) is 4.18. The Bertz CT molecular complexity index is 282. The molecule has 1 nitrogen and oxygen atoms in total. The van der Waals surface area contributed by atoms with Gasteiger partial charge in [0.25, 0.3) is 0 Å². The van der Waals surface area contributed by atoms with Crippen LogP contribution >= 0.6 is 0 Å². The number of hydrogen-bond acceptors (Lipinski definition) is 1. The van der Waals surface area contributed by atoms with E-state index in [1.165, 1.54) is 0 Å². The van der Waals surface area contributed by atoms with E-state index in [2.05, 4.69) is 6.07 Å². The molecule has 0 fully saturated rings. The van der Waals surface area contributed by atoms with Crippen molar-refractivity contribution in [3.63, 3.8) is 0 Å². The maximum Gasteiger partial charge on any atom is 2.00 e. The van der Waals surface area contributed by atoms with Crippen molar-refractivity contribution in [2.45, 2.75) is 20.0 Å². The van der Waals surface area contributed by atoms with Gasteiger partial charge < -0.3 is 21.7 Å². The van der Waals surface area contributed by atoms with E-state index >= 15 is 0 Å². The number of rotatable bonds is 2. The molecule has 14 heavy (non-hydrogen) atoms. The third kappa shape index (κ3) is 5.12. The maximum absolute atomic E-state index is 12.8. The second-order valence-corrected chi connectivity index (χ2v) is 2.66. The molecule has 0 saturated carbocycles. The molecule has 1 rings (SSSR count). The first-order valence-electron chi connectivity index (χ1n) is 3.63. The molecule has 0 unspecified atom stereocenters. The monoisotopic (exact) mass is 274 g/mol. The molecule has 1 aromatic rings. The van der Waals surface area contributed by atoms with E-state index in [-0.39, 0.29) is 51.9 Å². The normalized spacial score (nSPS) is 8.93. The van der Waals surface area contributed by atoms with Crippen LogP contribution in [0.15, 0.2) is 12.1 Å². The Hall–Kier alpha value is 0.126. The van der Waals surface area contributed by atoms with E-state index in [0.717, 1.165) is 12.1 Å². The summed E-state index contributed by atoms with van der Waals surface area (Å²) in [6.45, 7) is 3.52. The number of ether oxygens (including phenoxy) is 1. The van der Waals surface area contributed by atoms with Gasteiger partial charge in [-0.15, -0.1) is 12.1 Å². The van der Waals surface area contributed by atoms with Crippen molar-refractivity contribution in [2.75, 3.05) is 0 Å². The first kappa shape index (κ1) is 16.6. The van der Waals surface area contributed by atoms with E-state index in [4.69, 9.17) is 4.74 Å². The van der Waals surface area contributed by atoms with Gasteiger partial charge in [0.05, 0.1) is 11.9 Å². The van der Waals surface area contributed by atoms with Crippen molar-refractivity contribution in [1.29, 1.82) is 0 Å². The average Bonchev–Trinajstić information content (AvgIpc) is 1.94. The van der Waals surface area contributed by atoms with Crippen LogP contribution in [0, 0.1) is 17.7 Å². The Labute approximate surface area is 109 Å². The quantitative estimate of drug-likeness (QED) is 0.506. The molecular formula is C9H9BrF2MgO. The number of benzene rings is 1. The largest absolute Gasteiger partial charge is 2.00 e. The zero-order chi connectivity index (χ0) is 9.14. The summed E-state index contributed by atoms with van der Waals surface area (Å²) in [5, 5.41) is 0. The fraction of sp³-hybridized carbons (Fsp3) is 0.333. The molecule has 0 bridgehead atoms. The molecule has 0 amide bonds. The minimum absolute atomic E-state index is 0. The molecule has 1 aromatic carbocycles. The number of halogens is 3. The summed E-state index contributed by atoms with van der Waals surface area (Å²) in [7, 11) is 0. The zero-order valence-corrected chi connectivity index (χ0v) is 11.0. The van der Waals surface area contributed by atoms with Gasteiger partial charge in [-0.05, 0) is 13.8 Å². The van der Waals surface area contributed by atoms with Crippen molar-refractivity contribution in [3.8, 4) is 5.75 Å². The van der Waals surface area contributed by atoms with E-state index in [1.54, 1.807) is 13.8 Å². The molecule has 0 N–H and O–H groups in total. The summed E-state index contributed by atoms with van der Waals surface area (Å²) in [4.78, 5) is 0. The van der Waals surface area contributed by atoms with E-state index in [0.29, 0.717) is 0 Å². The Morgan fingerprint density at radius 1 is 1.36 bits per heavy atom. The van der Waals surface area contributed by atoms with E-state index < -0.39 is 11.6 Å². The fourth-order valence-electron chi connectivity index (χ4n) is 0.758. The Balaban J connectivity index is 0. The second kappa shape index (κ2) is 7.42. The minimum Gasteiger partial charge on any atom is -1.00 e. The van der Waals surface area contributed by atoms with Crippen LogP contribution < -0.4 is 21.7 Å². The van der Waals surface area contributed by atoms with Gasteiger partial charge in [0, 0.05) is 11.6 Å². The van der Waals surface area contributed by atoms with Crippen LogP contribution in [0.1, 0.15) is 13.8 Å². The van der Waals surface area contributed by atoms with Crippen LogP contribution in [0.4, 0.5) is 8.78 Å². The van der Waals surface area contributed by atoms with Crippen LogP contribution in [-0.2, 0) is 0 Å². The standard InChI is InChI=1S/C9H9F2O.BrH.Mg/c1-6(2)12-9-4-3-7(10)5-8(9)11;;/h3,5-6H,1-2H3;1H;/q-1;;+2/p-1. The molecule has 5 heteroatoms. The van der Waals surface area contributed by atoms with Gasteiger partial charge in [-0.2, -0.15) is 0 Å². The topological polar surface area (TPSA) is 9.23 Å². The molecule has 0 spiro atoms. The fourth-order valence-corrected chi connectivity index (χ4v) is 0.758. The van der Waals surface area contributed by atoms with Crippen molar-refractivity contribution in [2.24, 2.45) is 0 Å². The van der Waals surface area contributed by atoms with Gasteiger partial charge in [-0.1, -0.05) is 6.07 Å². The zero-order valence-electron chi connectivity index (χ0n) is 7.98. The Kier molecular flexibility index (Phi) is 8.78. The summed E-state index contributed by atoms with van der Waals surface area (Å²) in [5.74, 6) is -1.40. The SMILES string of the molecule is CC(C)Oc1[c-]cc(F)cc1F.[Br-].[Mg+2]. The second-order valence-electron chi connectivity index (χ2n) is 2.66. The smallest absolute Gasteiger partial charge is 1.00 e. The van der Waals surface area contributed by atoms with Crippen LogP contribution in [0.25, 0.3) is 0 Å². The predicted molar refractivity (Wildman–Crippen MR) is 46.7 cm³/mol. The van der Waals surface area contributed by atoms with E-state index in [1.807, 2.05) is 0 Å². The van der Waals surface area contributed by atoms with Crippen LogP contribution in [0.2, 0.25) is 0 Å². The summed E-state index contributed by atoms with van der Waals surface area (Å²) in [6.07, 6.45) is -0.138. The summed E-state index contributed by atoms with van der Waals surface area (Å²) in [5.41, 5.74) is 0. The van der Waals surface area contributed by atoms with Crippen molar-refractivity contribution in [3.05, 3.63) is 29.8 Å². The number of hydrogen-bond donors (Lipinski definition) is 0. The molecule has 0 radical (unpaired) electrons. The van der Waals surface area contributed by atoms with Crippen molar-refractivity contribution in [1.82, 2.24) is 0 Å². The van der Waals surface area contributed by atoms with Crippen molar-refractivity contribution < 1.29 is 30.5 Å². The Morgan fingerprint density at radius 3 is 2.36 bits per heavy atom. The molecule has 0 aliphatic carbocycles. The van der Waals surface area contributed by atoms with Gasteiger partial charge in [-0.25, -0.2) is 0 Å². The summed E-state index contributed by atoms with van der Waals surface area (Å²) >= 11 is 0. The average molecular weight is 275 g/mol. The molecule has 0 aliphatic rings. The van der Waals surface area contributed by atoms with E-state index in [9.17, 15) is 8.78 Å². The van der Waals surface area contributed by atoms with Crippen molar-refractivity contribution >= 4 is 23.1 Å². The van der Waals surface area contributed by atoms with Gasteiger partial charge in [0.1, 0.15) is 0 Å². The molecule has 0 aromatic heterocycles. The maximum atomic E-state index is 12.8. The first-order chi connectivity index (χ1) is 5.59. The van der Waals surface area contributed by atoms with Crippen LogP contribution in [0.3, 0.4) is 0 Å². The molecular weight excluding hydrogens is 266 g/mol. The molecule has 0 atom stereocenters. The predicted octanol–water partition coefficient (Wildman–Crippen LogP) is -0.825.